The Balaban J connectivity index is 1.01. The Labute approximate surface area is 268 Å². The van der Waals surface area contributed by atoms with Gasteiger partial charge in [-0.25, -0.2) is 8.42 Å². The van der Waals surface area contributed by atoms with Crippen LogP contribution in [0.2, 0.25) is 0 Å². The summed E-state index contributed by atoms with van der Waals surface area (Å²) in [5, 5.41) is -0.522. The Kier molecular flexibility index (Phi) is 6.04. The fourth-order valence-electron chi connectivity index (χ4n) is 8.56. The van der Waals surface area contributed by atoms with Gasteiger partial charge >= 0.3 is 17.9 Å². The van der Waals surface area contributed by atoms with Gasteiger partial charge in [-0.15, -0.1) is 11.8 Å². The van der Waals surface area contributed by atoms with Crippen molar-refractivity contribution in [1.82, 2.24) is 0 Å². The van der Waals surface area contributed by atoms with Gasteiger partial charge in [0.2, 0.25) is 0 Å². The van der Waals surface area contributed by atoms with Crippen molar-refractivity contribution in [2.45, 2.75) is 45.9 Å². The molecule has 4 aromatic rings. The van der Waals surface area contributed by atoms with E-state index in [1.165, 1.54) is 35.0 Å². The lowest BCUT2D eigenvalue weighted by Gasteiger charge is -2.44. The van der Waals surface area contributed by atoms with Crippen LogP contribution in [0.4, 0.5) is 0 Å². The minimum absolute atomic E-state index is 0.0628. The first-order valence-electron chi connectivity index (χ1n) is 15.1. The van der Waals surface area contributed by atoms with Crippen LogP contribution in [0.3, 0.4) is 0 Å². The van der Waals surface area contributed by atoms with Crippen molar-refractivity contribution in [3.63, 3.8) is 0 Å². The average Bonchev–Trinajstić information content (AvgIpc) is 3.68. The van der Waals surface area contributed by atoms with Crippen LogP contribution in [0, 0.1) is 17.8 Å². The Morgan fingerprint density at radius 1 is 0.804 bits per heavy atom. The van der Waals surface area contributed by atoms with Gasteiger partial charge in [0.15, 0.2) is 12.2 Å². The zero-order valence-electron chi connectivity index (χ0n) is 24.0. The van der Waals surface area contributed by atoms with Gasteiger partial charge in [0.25, 0.3) is 0 Å². The number of carbonyl (C=O) groups is 3. The van der Waals surface area contributed by atoms with Crippen LogP contribution in [0.15, 0.2) is 89.8 Å². The molecule has 3 aliphatic heterocycles. The number of ether oxygens (including phenoxy) is 3. The molecule has 232 valence electrons. The van der Waals surface area contributed by atoms with E-state index in [1.54, 1.807) is 18.2 Å². The second kappa shape index (κ2) is 9.90. The van der Waals surface area contributed by atoms with E-state index in [1.807, 2.05) is 24.3 Å². The van der Waals surface area contributed by atoms with Gasteiger partial charge in [-0.2, -0.15) is 0 Å². The molecule has 0 aromatic heterocycles. The van der Waals surface area contributed by atoms with E-state index in [9.17, 15) is 27.4 Å². The smallest absolute Gasteiger partial charge is 0.316 e. The molecule has 3 saturated heterocycles. The van der Waals surface area contributed by atoms with E-state index >= 15 is 0 Å². The van der Waals surface area contributed by atoms with Crippen molar-refractivity contribution in [2.75, 3.05) is 0 Å². The summed E-state index contributed by atoms with van der Waals surface area (Å²) in [5.74, 6) is -3.75. The van der Waals surface area contributed by atoms with Crippen LogP contribution in [0.1, 0.15) is 40.5 Å². The number of rotatable bonds is 5. The summed E-state index contributed by atoms with van der Waals surface area (Å²) in [6, 6.07) is 25.1. The van der Waals surface area contributed by atoms with Crippen LogP contribution in [0.5, 0.6) is 5.75 Å². The van der Waals surface area contributed by atoms with Gasteiger partial charge in [0, 0.05) is 22.6 Å². The molecule has 7 atom stereocenters. The SMILES string of the molecule is O=C(OC1C2OC(=O)C3C2SC1C3C(=O)Oc1ccc(S(=O)(=O)[O-])c2ccccc12)C1CC2c3ccccc3C1c1ccccc12. The third-order valence-electron chi connectivity index (χ3n) is 10.4. The van der Waals surface area contributed by atoms with Crippen LogP contribution in [-0.2, 0) is 34.0 Å². The molecule has 4 bridgehead atoms. The Morgan fingerprint density at radius 2 is 1.43 bits per heavy atom. The van der Waals surface area contributed by atoms with Crippen molar-refractivity contribution in [2.24, 2.45) is 17.8 Å². The number of carbonyl (C=O) groups excluding carboxylic acids is 3. The van der Waals surface area contributed by atoms with E-state index < -0.39 is 62.2 Å². The third-order valence-corrected chi connectivity index (χ3v) is 13.0. The van der Waals surface area contributed by atoms with Crippen molar-refractivity contribution in [1.29, 1.82) is 0 Å². The number of thioether (sulfide) groups is 1. The molecule has 0 saturated carbocycles. The largest absolute Gasteiger partial charge is 0.744 e. The monoisotopic (exact) mass is 653 g/mol. The molecule has 3 aliphatic carbocycles. The number of benzene rings is 4. The van der Waals surface area contributed by atoms with Crippen LogP contribution < -0.4 is 4.74 Å². The first-order chi connectivity index (χ1) is 22.2. The maximum atomic E-state index is 14.1. The highest BCUT2D eigenvalue weighted by Gasteiger charge is 2.71. The molecule has 9 nitrogen and oxygen atoms in total. The number of hydrogen-bond donors (Lipinski definition) is 0. The number of hydrogen-bond acceptors (Lipinski definition) is 10. The van der Waals surface area contributed by atoms with Gasteiger partial charge in [-0.05, 0) is 40.8 Å². The minimum atomic E-state index is -4.78. The summed E-state index contributed by atoms with van der Waals surface area (Å²) in [5.41, 5.74) is 4.71. The quantitative estimate of drug-likeness (QED) is 0.172. The predicted molar refractivity (Wildman–Crippen MR) is 164 cm³/mol. The van der Waals surface area contributed by atoms with Gasteiger partial charge in [0.1, 0.15) is 15.9 Å². The summed E-state index contributed by atoms with van der Waals surface area (Å²) in [7, 11) is -4.78. The molecule has 3 heterocycles. The molecule has 0 radical (unpaired) electrons. The lowest BCUT2D eigenvalue weighted by atomic mass is 9.59. The third kappa shape index (κ3) is 3.91. The molecule has 6 aliphatic rings. The topological polar surface area (TPSA) is 136 Å². The Morgan fingerprint density at radius 3 is 2.11 bits per heavy atom. The summed E-state index contributed by atoms with van der Waals surface area (Å²) in [6.07, 6.45) is -0.867. The maximum absolute atomic E-state index is 14.1. The fraction of sp³-hybridized carbons (Fsp3) is 0.286. The van der Waals surface area contributed by atoms with Crippen LogP contribution in [0.25, 0.3) is 10.8 Å². The average molecular weight is 654 g/mol. The van der Waals surface area contributed by atoms with Crippen molar-refractivity contribution in [3.05, 3.63) is 107 Å². The Bertz CT molecular complexity index is 2060. The second-order valence-electron chi connectivity index (χ2n) is 12.5. The molecule has 46 heavy (non-hydrogen) atoms. The highest BCUT2D eigenvalue weighted by molar-refractivity contribution is 8.01. The highest BCUT2D eigenvalue weighted by atomic mass is 32.2. The van der Waals surface area contributed by atoms with E-state index in [-0.39, 0.29) is 39.6 Å². The van der Waals surface area contributed by atoms with Gasteiger partial charge in [-0.1, -0.05) is 72.8 Å². The normalized spacial score (nSPS) is 31.3. The van der Waals surface area contributed by atoms with Crippen molar-refractivity contribution < 1.29 is 41.6 Å². The van der Waals surface area contributed by atoms with Crippen LogP contribution in [-0.4, -0.2) is 53.6 Å². The van der Waals surface area contributed by atoms with Crippen molar-refractivity contribution in [3.8, 4) is 5.75 Å². The molecule has 0 amide bonds. The number of fused-ring (bicyclic) bond motifs is 3. The van der Waals surface area contributed by atoms with Crippen molar-refractivity contribution >= 4 is 50.6 Å². The Hall–Kier alpha value is -4.19. The zero-order chi connectivity index (χ0) is 31.5. The minimum Gasteiger partial charge on any atom is -0.744 e. The maximum Gasteiger partial charge on any atom is 0.316 e. The van der Waals surface area contributed by atoms with Crippen LogP contribution >= 0.6 is 11.8 Å². The van der Waals surface area contributed by atoms with Gasteiger partial charge in [-0.3, -0.25) is 14.4 Å². The molecule has 10 rings (SSSR count). The second-order valence-corrected chi connectivity index (χ2v) is 15.2. The lowest BCUT2D eigenvalue weighted by Crippen LogP contribution is -2.49. The molecule has 11 heteroatoms. The predicted octanol–water partition coefficient (Wildman–Crippen LogP) is 4.51. The van der Waals surface area contributed by atoms with E-state index in [0.29, 0.717) is 6.42 Å². The molecule has 0 spiro atoms. The molecule has 0 N–H and O–H groups in total. The first-order valence-corrected chi connectivity index (χ1v) is 17.5. The van der Waals surface area contributed by atoms with E-state index in [4.69, 9.17) is 14.2 Å². The zero-order valence-corrected chi connectivity index (χ0v) is 25.6. The molecular weight excluding hydrogens is 629 g/mol. The standard InChI is InChI=1S/C35H26O9S2/c36-33(23-15-22-16-7-1-5-11-20(16)26(23)21-12-6-2-8-17(21)22)43-29-30-32-28(35(38)44-30)27(31(29)45-32)34(37)42-24-13-14-25(46(39,40)41)19-10-4-3-9-18(19)24/h1-14,22-23,26-32H,15H2,(H,39,40,41)/p-1. The molecular formula is C35H25O9S2-. The summed E-state index contributed by atoms with van der Waals surface area (Å²) >= 11 is 1.42. The number of esters is 3. The summed E-state index contributed by atoms with van der Waals surface area (Å²) in [6.45, 7) is 0. The first kappa shape index (κ1) is 28.1. The molecule has 3 fully saturated rings. The fourth-order valence-corrected chi connectivity index (χ4v) is 11.2. The lowest BCUT2D eigenvalue weighted by molar-refractivity contribution is -0.165. The van der Waals surface area contributed by atoms with Gasteiger partial charge in [0.05, 0.1) is 33.1 Å². The molecule has 7 unspecified atom stereocenters. The molecule has 4 aromatic carbocycles. The summed E-state index contributed by atoms with van der Waals surface area (Å²) < 4.78 is 53.3. The van der Waals surface area contributed by atoms with E-state index in [0.717, 1.165) is 17.2 Å². The van der Waals surface area contributed by atoms with Gasteiger partial charge < -0.3 is 18.8 Å². The highest BCUT2D eigenvalue weighted by Crippen LogP contribution is 2.60. The summed E-state index contributed by atoms with van der Waals surface area (Å²) in [4.78, 5) is 40.5. The van der Waals surface area contributed by atoms with E-state index in [2.05, 4.69) is 24.3 Å².